The van der Waals surface area contributed by atoms with Gasteiger partial charge in [0.1, 0.15) is 5.69 Å². The third-order valence-corrected chi connectivity index (χ3v) is 4.80. The van der Waals surface area contributed by atoms with Gasteiger partial charge < -0.3 is 20.5 Å². The molecule has 0 radical (unpaired) electrons. The molecule has 0 saturated heterocycles. The van der Waals surface area contributed by atoms with Gasteiger partial charge in [0, 0.05) is 17.5 Å². The van der Waals surface area contributed by atoms with E-state index in [-0.39, 0.29) is 17.1 Å². The van der Waals surface area contributed by atoms with Crippen molar-refractivity contribution >= 4 is 29.2 Å². The molecule has 0 spiro atoms. The second kappa shape index (κ2) is 9.11. The zero-order chi connectivity index (χ0) is 20.8. The standard InChI is InChI=1S/C19H19N5O4S/c1-27-13-7-6-11(9-14(13)28-2)17(25)22-15-16(20)23-19(24-18(15)26)29-10-12-5-3-4-8-21-12/h3-9H,10H2,1-2H3,(H,22,25)(H3,20,23,24,26). The van der Waals surface area contributed by atoms with Crippen molar-refractivity contribution in [2.45, 2.75) is 10.9 Å². The van der Waals surface area contributed by atoms with Gasteiger partial charge in [-0.1, -0.05) is 17.8 Å². The molecule has 0 fully saturated rings. The van der Waals surface area contributed by atoms with Crippen LogP contribution in [0, 0.1) is 0 Å². The first kappa shape index (κ1) is 20.2. The molecule has 2 aromatic heterocycles. The van der Waals surface area contributed by atoms with Gasteiger partial charge in [0.05, 0.1) is 19.9 Å². The maximum Gasteiger partial charge on any atom is 0.277 e. The summed E-state index contributed by atoms with van der Waals surface area (Å²) < 4.78 is 10.3. The number of aromatic nitrogens is 3. The monoisotopic (exact) mass is 413 g/mol. The number of thioether (sulfide) groups is 1. The smallest absolute Gasteiger partial charge is 0.277 e. The number of H-pyrrole nitrogens is 1. The Labute approximate surface area is 170 Å². The summed E-state index contributed by atoms with van der Waals surface area (Å²) in [6.07, 6.45) is 1.69. The van der Waals surface area contributed by atoms with Crippen LogP contribution < -0.4 is 26.1 Å². The van der Waals surface area contributed by atoms with E-state index in [4.69, 9.17) is 15.2 Å². The van der Waals surface area contributed by atoms with Gasteiger partial charge in [-0.05, 0) is 30.3 Å². The number of nitrogens with zero attached hydrogens (tertiary/aromatic N) is 2. The van der Waals surface area contributed by atoms with Crippen molar-refractivity contribution in [3.05, 3.63) is 64.2 Å². The predicted octanol–water partition coefficient (Wildman–Crippen LogP) is 2.31. The molecule has 1 aromatic carbocycles. The maximum absolute atomic E-state index is 12.5. The van der Waals surface area contributed by atoms with Crippen LogP contribution in [0.3, 0.4) is 0 Å². The Morgan fingerprint density at radius 1 is 1.21 bits per heavy atom. The van der Waals surface area contributed by atoms with Gasteiger partial charge >= 0.3 is 0 Å². The number of carbonyl (C=O) groups excluding carboxylic acids is 1. The highest BCUT2D eigenvalue weighted by molar-refractivity contribution is 7.98. The lowest BCUT2D eigenvalue weighted by atomic mass is 10.2. The Bertz CT molecular complexity index is 1070. The average molecular weight is 413 g/mol. The highest BCUT2D eigenvalue weighted by atomic mass is 32.2. The highest BCUT2D eigenvalue weighted by Crippen LogP contribution is 2.28. The molecule has 0 aliphatic carbocycles. The van der Waals surface area contributed by atoms with Crippen molar-refractivity contribution in [2.24, 2.45) is 0 Å². The number of amides is 1. The van der Waals surface area contributed by atoms with Gasteiger partial charge in [-0.25, -0.2) is 4.98 Å². The summed E-state index contributed by atoms with van der Waals surface area (Å²) in [5, 5.41) is 2.83. The number of benzene rings is 1. The van der Waals surface area contributed by atoms with Crippen molar-refractivity contribution in [1.82, 2.24) is 15.0 Å². The molecule has 10 heteroatoms. The summed E-state index contributed by atoms with van der Waals surface area (Å²) in [4.78, 5) is 35.9. The lowest BCUT2D eigenvalue weighted by Gasteiger charge is -2.11. The molecule has 0 aliphatic heterocycles. The van der Waals surface area contributed by atoms with Gasteiger partial charge in [-0.2, -0.15) is 0 Å². The molecular formula is C19H19N5O4S. The Kier molecular flexibility index (Phi) is 6.35. The second-order valence-corrected chi connectivity index (χ2v) is 6.73. The Hall–Kier alpha value is -3.53. The fourth-order valence-electron chi connectivity index (χ4n) is 2.45. The van der Waals surface area contributed by atoms with E-state index >= 15 is 0 Å². The van der Waals surface area contributed by atoms with Gasteiger partial charge in [-0.15, -0.1) is 0 Å². The van der Waals surface area contributed by atoms with Crippen molar-refractivity contribution in [2.75, 3.05) is 25.3 Å². The first-order valence-electron chi connectivity index (χ1n) is 8.47. The predicted molar refractivity (Wildman–Crippen MR) is 111 cm³/mol. The molecular weight excluding hydrogens is 394 g/mol. The van der Waals surface area contributed by atoms with Gasteiger partial charge in [0.25, 0.3) is 11.5 Å². The van der Waals surface area contributed by atoms with Crippen LogP contribution in [0.15, 0.2) is 52.5 Å². The molecule has 150 valence electrons. The van der Waals surface area contributed by atoms with E-state index in [1.807, 2.05) is 18.2 Å². The molecule has 2 heterocycles. The molecule has 9 nitrogen and oxygen atoms in total. The van der Waals surface area contributed by atoms with E-state index in [2.05, 4.69) is 20.3 Å². The number of methoxy groups -OCH3 is 2. The Balaban J connectivity index is 1.75. The van der Waals surface area contributed by atoms with E-state index in [1.54, 1.807) is 18.3 Å². The van der Waals surface area contributed by atoms with Crippen molar-refractivity contribution in [1.29, 1.82) is 0 Å². The van der Waals surface area contributed by atoms with Crippen LogP contribution in [0.25, 0.3) is 0 Å². The normalized spacial score (nSPS) is 10.4. The lowest BCUT2D eigenvalue weighted by molar-refractivity contribution is 0.102. The number of rotatable bonds is 7. The minimum atomic E-state index is -0.546. The Morgan fingerprint density at radius 3 is 2.66 bits per heavy atom. The maximum atomic E-state index is 12.5. The lowest BCUT2D eigenvalue weighted by Crippen LogP contribution is -2.23. The number of carbonyl (C=O) groups is 1. The quantitative estimate of drug-likeness (QED) is 0.397. The third kappa shape index (κ3) is 4.85. The number of anilines is 2. The summed E-state index contributed by atoms with van der Waals surface area (Å²) >= 11 is 1.28. The topological polar surface area (TPSA) is 132 Å². The molecule has 1 amide bonds. The molecule has 3 rings (SSSR count). The molecule has 0 aliphatic rings. The minimum Gasteiger partial charge on any atom is -0.493 e. The van der Waals surface area contributed by atoms with Crippen molar-refractivity contribution in [3.8, 4) is 11.5 Å². The first-order chi connectivity index (χ1) is 14.0. The summed E-state index contributed by atoms with van der Waals surface area (Å²) in [6.45, 7) is 0. The van der Waals surface area contributed by atoms with Crippen LogP contribution in [0.5, 0.6) is 11.5 Å². The number of nitrogens with one attached hydrogen (secondary N) is 2. The van der Waals surface area contributed by atoms with E-state index in [9.17, 15) is 9.59 Å². The SMILES string of the molecule is COc1ccc(C(=O)Nc2c(N)nc(SCc3ccccn3)[nH]c2=O)cc1OC. The van der Waals surface area contributed by atoms with Gasteiger partial charge in [-0.3, -0.25) is 19.6 Å². The van der Waals surface area contributed by atoms with E-state index < -0.39 is 11.5 Å². The number of aromatic amines is 1. The number of nitrogens with two attached hydrogens (primary N) is 1. The summed E-state index contributed by atoms with van der Waals surface area (Å²) in [7, 11) is 2.96. The number of nitrogen functional groups attached to an aromatic ring is 1. The summed E-state index contributed by atoms with van der Waals surface area (Å²) in [5.41, 5.74) is 6.35. The van der Waals surface area contributed by atoms with Crippen LogP contribution >= 0.6 is 11.8 Å². The zero-order valence-corrected chi connectivity index (χ0v) is 16.6. The molecule has 0 unspecified atom stereocenters. The molecule has 3 aromatic rings. The number of hydrogen-bond donors (Lipinski definition) is 3. The zero-order valence-electron chi connectivity index (χ0n) is 15.8. The first-order valence-corrected chi connectivity index (χ1v) is 9.46. The van der Waals surface area contributed by atoms with Crippen LogP contribution in [0.1, 0.15) is 16.1 Å². The van der Waals surface area contributed by atoms with Crippen LogP contribution in [-0.4, -0.2) is 35.1 Å². The molecule has 0 bridgehead atoms. The number of pyridine rings is 1. The third-order valence-electron chi connectivity index (χ3n) is 3.89. The van der Waals surface area contributed by atoms with Crippen LogP contribution in [-0.2, 0) is 5.75 Å². The molecule has 0 atom stereocenters. The van der Waals surface area contributed by atoms with Crippen LogP contribution in [0.2, 0.25) is 0 Å². The average Bonchev–Trinajstić information content (AvgIpc) is 2.74. The molecule has 0 saturated carbocycles. The largest absolute Gasteiger partial charge is 0.493 e. The summed E-state index contributed by atoms with van der Waals surface area (Å²) in [6, 6.07) is 10.2. The van der Waals surface area contributed by atoms with Gasteiger partial charge in [0.2, 0.25) is 0 Å². The fourth-order valence-corrected chi connectivity index (χ4v) is 3.23. The van der Waals surface area contributed by atoms with Gasteiger partial charge in [0.15, 0.2) is 22.5 Å². The highest BCUT2D eigenvalue weighted by Gasteiger charge is 2.16. The van der Waals surface area contributed by atoms with E-state index in [0.717, 1.165) is 5.69 Å². The fraction of sp³-hybridized carbons (Fsp3) is 0.158. The molecule has 4 N–H and O–H groups in total. The van der Waals surface area contributed by atoms with Crippen LogP contribution in [0.4, 0.5) is 11.5 Å². The number of hydrogen-bond acceptors (Lipinski definition) is 8. The van der Waals surface area contributed by atoms with E-state index in [1.165, 1.54) is 32.0 Å². The number of ether oxygens (including phenoxy) is 2. The van der Waals surface area contributed by atoms with Crippen molar-refractivity contribution < 1.29 is 14.3 Å². The Morgan fingerprint density at radius 2 is 2.00 bits per heavy atom. The summed E-state index contributed by atoms with van der Waals surface area (Å²) in [5.74, 6) is 0.782. The van der Waals surface area contributed by atoms with Crippen molar-refractivity contribution in [3.63, 3.8) is 0 Å². The molecule has 29 heavy (non-hydrogen) atoms. The van der Waals surface area contributed by atoms with E-state index in [0.29, 0.717) is 22.4 Å². The minimum absolute atomic E-state index is 0.0777. The second-order valence-electron chi connectivity index (χ2n) is 5.76.